The molecule has 0 amide bonds. The molecule has 0 spiro atoms. The van der Waals surface area contributed by atoms with Crippen LogP contribution in [0, 0.1) is 0 Å². The summed E-state index contributed by atoms with van der Waals surface area (Å²) in [6.07, 6.45) is 2.05. The summed E-state index contributed by atoms with van der Waals surface area (Å²) < 4.78 is 0. The Kier molecular flexibility index (Phi) is 20.6. The number of carboxylic acids is 2. The summed E-state index contributed by atoms with van der Waals surface area (Å²) in [5.74, 6) is -1.42. The van der Waals surface area contributed by atoms with Crippen LogP contribution in [0.5, 0.6) is 0 Å². The molecular weight excluding hydrogens is 315 g/mol. The van der Waals surface area contributed by atoms with E-state index in [2.05, 4.69) is 10.3 Å². The van der Waals surface area contributed by atoms with E-state index in [0.29, 0.717) is 12.8 Å². The Bertz CT molecular complexity index is 302. The van der Waals surface area contributed by atoms with Gasteiger partial charge in [-0.05, 0) is 12.8 Å². The summed E-state index contributed by atoms with van der Waals surface area (Å²) >= 11 is 9.99. The van der Waals surface area contributed by atoms with E-state index in [1.807, 2.05) is 13.8 Å². The topological polar surface area (TPSA) is 140 Å². The van der Waals surface area contributed by atoms with E-state index < -0.39 is 22.3 Å². The maximum Gasteiger partial charge on any atom is 0.303 e. The van der Waals surface area contributed by atoms with Crippen molar-refractivity contribution in [3.63, 3.8) is 0 Å². The van der Waals surface area contributed by atoms with Crippen LogP contribution in [0.25, 0.3) is 0 Å². The number of halogens is 2. The van der Waals surface area contributed by atoms with Gasteiger partial charge in [-0.25, -0.2) is 0 Å². The molecule has 0 aliphatic rings. The van der Waals surface area contributed by atoms with Crippen LogP contribution in [-0.2, 0) is 9.59 Å². The van der Waals surface area contributed by atoms with Gasteiger partial charge in [-0.3, -0.25) is 9.59 Å². The molecule has 0 saturated carbocycles. The summed E-state index contributed by atoms with van der Waals surface area (Å²) in [5, 5.41) is 35.4. The van der Waals surface area contributed by atoms with Crippen LogP contribution in [0.4, 0.5) is 0 Å². The van der Waals surface area contributed by atoms with Crippen molar-refractivity contribution in [2.24, 2.45) is 10.3 Å². The summed E-state index contributed by atoms with van der Waals surface area (Å²) in [7, 11) is 0. The highest BCUT2D eigenvalue weighted by atomic mass is 35.5. The second-order valence-corrected chi connectivity index (χ2v) is 3.79. The normalized spacial score (nSPS) is 10.6. The molecule has 0 saturated heterocycles. The molecule has 0 aliphatic heterocycles. The predicted octanol–water partition coefficient (Wildman–Crippen LogP) is 2.78. The van der Waals surface area contributed by atoms with Gasteiger partial charge >= 0.3 is 11.9 Å². The molecule has 20 heavy (non-hydrogen) atoms. The zero-order valence-corrected chi connectivity index (χ0v) is 12.6. The Morgan fingerprint density at radius 3 is 1.15 bits per heavy atom. The number of carboxylic acid groups (broad SMARTS) is 2. The molecule has 10 heteroatoms. The first-order valence-electron chi connectivity index (χ1n) is 5.45. The van der Waals surface area contributed by atoms with Crippen molar-refractivity contribution in [3.8, 4) is 0 Å². The molecule has 0 rings (SSSR count). The monoisotopic (exact) mass is 332 g/mol. The van der Waals surface area contributed by atoms with E-state index in [9.17, 15) is 9.59 Å². The van der Waals surface area contributed by atoms with Crippen molar-refractivity contribution in [3.05, 3.63) is 0 Å². The van der Waals surface area contributed by atoms with Crippen LogP contribution >= 0.6 is 23.2 Å². The predicted molar refractivity (Wildman–Crippen MR) is 75.2 cm³/mol. The third kappa shape index (κ3) is 25.3. The molecule has 0 radical (unpaired) electrons. The molecule has 0 aromatic heterocycles. The SMILES string of the molecule is CCCC(=O)O.CCCC(=O)O.ON=C(Cl)C(Cl)=NO. The highest BCUT2D eigenvalue weighted by molar-refractivity contribution is 7.00. The smallest absolute Gasteiger partial charge is 0.303 e. The minimum Gasteiger partial charge on any atom is -0.481 e. The fourth-order valence-corrected chi connectivity index (χ4v) is 0.586. The zero-order valence-electron chi connectivity index (χ0n) is 11.1. The standard InChI is InChI=1S/2C4H8O2.C2H2Cl2N2O2/c2*1-2-3-4(5)6;3-1(5-7)2(4)6-8/h2*2-3H2,1H3,(H,5,6);7-8H. The van der Waals surface area contributed by atoms with Gasteiger partial charge in [0.1, 0.15) is 0 Å². The third-order valence-electron chi connectivity index (χ3n) is 1.27. The first-order chi connectivity index (χ1) is 9.26. The Labute approximate surface area is 126 Å². The number of rotatable bonds is 5. The Morgan fingerprint density at radius 2 is 1.10 bits per heavy atom. The highest BCUT2D eigenvalue weighted by Gasteiger charge is 2.00. The van der Waals surface area contributed by atoms with Gasteiger partial charge in [-0.1, -0.05) is 47.4 Å². The number of hydrogen-bond donors (Lipinski definition) is 4. The lowest BCUT2D eigenvalue weighted by atomic mass is 10.4. The maximum absolute atomic E-state index is 9.60. The molecule has 0 aliphatic carbocycles. The van der Waals surface area contributed by atoms with Gasteiger partial charge in [0.05, 0.1) is 0 Å². The van der Waals surface area contributed by atoms with Gasteiger partial charge in [0, 0.05) is 12.8 Å². The van der Waals surface area contributed by atoms with E-state index in [4.69, 9.17) is 43.8 Å². The number of nitrogens with zero attached hydrogens (tertiary/aromatic N) is 2. The quantitative estimate of drug-likeness (QED) is 0.346. The molecule has 0 fully saturated rings. The first kappa shape index (κ1) is 23.5. The van der Waals surface area contributed by atoms with E-state index in [1.165, 1.54) is 0 Å². The van der Waals surface area contributed by atoms with Crippen LogP contribution in [-0.4, -0.2) is 42.9 Å². The molecular formula is C10H18Cl2N2O6. The molecule has 0 aromatic rings. The fraction of sp³-hybridized carbons (Fsp3) is 0.600. The molecule has 0 atom stereocenters. The molecule has 0 bridgehead atoms. The molecule has 118 valence electrons. The maximum atomic E-state index is 9.60. The molecule has 8 nitrogen and oxygen atoms in total. The average Bonchev–Trinajstić information content (AvgIpc) is 2.38. The zero-order chi connectivity index (χ0) is 16.6. The van der Waals surface area contributed by atoms with Crippen molar-refractivity contribution < 1.29 is 30.2 Å². The number of hydrogen-bond acceptors (Lipinski definition) is 6. The largest absolute Gasteiger partial charge is 0.481 e. The van der Waals surface area contributed by atoms with Crippen LogP contribution in [0.1, 0.15) is 39.5 Å². The van der Waals surface area contributed by atoms with Crippen LogP contribution in [0.15, 0.2) is 10.3 Å². The minimum absolute atomic E-state index is 0.292. The molecule has 0 unspecified atom stereocenters. The Morgan fingerprint density at radius 1 is 0.850 bits per heavy atom. The van der Waals surface area contributed by atoms with Crippen molar-refractivity contribution in [2.75, 3.05) is 0 Å². The number of aliphatic carboxylic acids is 2. The second kappa shape index (κ2) is 17.5. The van der Waals surface area contributed by atoms with Gasteiger partial charge in [0.2, 0.25) is 10.3 Å². The first-order valence-corrected chi connectivity index (χ1v) is 6.21. The Balaban J connectivity index is -0.000000221. The minimum atomic E-state index is -0.711. The van der Waals surface area contributed by atoms with Crippen molar-refractivity contribution in [1.29, 1.82) is 0 Å². The average molecular weight is 333 g/mol. The lowest BCUT2D eigenvalue weighted by molar-refractivity contribution is -0.138. The lowest BCUT2D eigenvalue weighted by Crippen LogP contribution is -1.97. The summed E-state index contributed by atoms with van der Waals surface area (Å²) in [6, 6.07) is 0. The highest BCUT2D eigenvalue weighted by Crippen LogP contribution is 1.93. The van der Waals surface area contributed by atoms with Crippen LogP contribution in [0.3, 0.4) is 0 Å². The second-order valence-electron chi connectivity index (χ2n) is 3.07. The summed E-state index contributed by atoms with van der Waals surface area (Å²) in [5.41, 5.74) is 0. The van der Waals surface area contributed by atoms with Gasteiger partial charge in [-0.15, -0.1) is 0 Å². The summed E-state index contributed by atoms with van der Waals surface area (Å²) in [4.78, 5) is 19.2. The van der Waals surface area contributed by atoms with Gasteiger partial charge < -0.3 is 20.6 Å². The molecule has 0 heterocycles. The van der Waals surface area contributed by atoms with Gasteiger partial charge in [0.25, 0.3) is 0 Å². The van der Waals surface area contributed by atoms with Crippen molar-refractivity contribution in [1.82, 2.24) is 0 Å². The van der Waals surface area contributed by atoms with Gasteiger partial charge in [0.15, 0.2) is 0 Å². The van der Waals surface area contributed by atoms with Gasteiger partial charge in [-0.2, -0.15) is 0 Å². The molecule has 4 N–H and O–H groups in total. The van der Waals surface area contributed by atoms with Crippen LogP contribution < -0.4 is 0 Å². The van der Waals surface area contributed by atoms with E-state index in [-0.39, 0.29) is 0 Å². The van der Waals surface area contributed by atoms with E-state index in [0.717, 1.165) is 12.8 Å². The number of carbonyl (C=O) groups is 2. The van der Waals surface area contributed by atoms with Crippen molar-refractivity contribution >= 4 is 45.5 Å². The number of oxime groups is 2. The third-order valence-corrected chi connectivity index (χ3v) is 1.88. The summed E-state index contributed by atoms with van der Waals surface area (Å²) in [6.45, 7) is 3.68. The Hall–Kier alpha value is -1.54. The van der Waals surface area contributed by atoms with E-state index in [1.54, 1.807) is 0 Å². The van der Waals surface area contributed by atoms with E-state index >= 15 is 0 Å². The molecule has 0 aromatic carbocycles. The lowest BCUT2D eigenvalue weighted by Gasteiger charge is -1.83. The van der Waals surface area contributed by atoms with Crippen molar-refractivity contribution in [2.45, 2.75) is 39.5 Å². The fourth-order valence-electron chi connectivity index (χ4n) is 0.510. The van der Waals surface area contributed by atoms with Crippen LogP contribution in [0.2, 0.25) is 0 Å².